The van der Waals surface area contributed by atoms with Gasteiger partial charge in [0.1, 0.15) is 37.6 Å². The molecule has 0 radical (unpaired) electrons. The predicted octanol–water partition coefficient (Wildman–Crippen LogP) is 1.92. The zero-order chi connectivity index (χ0) is 37.3. The van der Waals surface area contributed by atoms with Gasteiger partial charge in [-0.05, 0) is 17.9 Å². The van der Waals surface area contributed by atoms with Crippen LogP contribution in [0.5, 0.6) is 0 Å². The van der Waals surface area contributed by atoms with Crippen LogP contribution in [0.2, 0.25) is 0 Å². The fourth-order valence-electron chi connectivity index (χ4n) is 3.46. The van der Waals surface area contributed by atoms with Crippen LogP contribution in [0.1, 0.15) is 17.7 Å². The molecule has 0 amide bonds. The van der Waals surface area contributed by atoms with Crippen molar-refractivity contribution in [2.24, 2.45) is 0 Å². The molecule has 14 nitrogen and oxygen atoms in total. The Hall–Kier alpha value is -1.75. The number of rotatable bonds is 33. The third kappa shape index (κ3) is 26.1. The Morgan fingerprint density at radius 2 is 1.06 bits per heavy atom. The van der Waals surface area contributed by atoms with E-state index in [0.29, 0.717) is 19.4 Å². The van der Waals surface area contributed by atoms with E-state index in [-0.39, 0.29) is 59.3 Å². The molecule has 0 saturated heterocycles. The summed E-state index contributed by atoms with van der Waals surface area (Å²) in [5.74, 6) is 0. The molecule has 21 heteroatoms. The van der Waals surface area contributed by atoms with Crippen LogP contribution in [-0.2, 0) is 49.1 Å². The summed E-state index contributed by atoms with van der Waals surface area (Å²) in [6.07, 6.45) is -18.3. The molecule has 0 aromatic carbocycles. The van der Waals surface area contributed by atoms with E-state index >= 15 is 0 Å². The lowest BCUT2D eigenvalue weighted by Gasteiger charge is -2.26. The highest BCUT2D eigenvalue weighted by Crippen LogP contribution is 2.33. The SMILES string of the molecule is N#CCCCOCC(O)COCC(O)COCC(F)(F)OC(F)(F)OC(F)(F)COCCOCC(O)COCC(O)COCCc1cccs1. The molecule has 50 heavy (non-hydrogen) atoms. The summed E-state index contributed by atoms with van der Waals surface area (Å²) in [6.45, 7) is -6.38. The van der Waals surface area contributed by atoms with E-state index in [0.717, 1.165) is 4.88 Å². The smallest absolute Gasteiger partial charge is 0.388 e. The third-order valence-electron chi connectivity index (χ3n) is 5.58. The first-order valence-corrected chi connectivity index (χ1v) is 16.2. The van der Waals surface area contributed by atoms with Crippen LogP contribution in [0.25, 0.3) is 0 Å². The number of hydrogen-bond donors (Lipinski definition) is 4. The molecule has 1 aromatic rings. The molecule has 0 spiro atoms. The van der Waals surface area contributed by atoms with Crippen LogP contribution in [0.15, 0.2) is 17.5 Å². The molecule has 1 heterocycles. The number of halogens is 6. The van der Waals surface area contributed by atoms with Gasteiger partial charge in [-0.25, -0.2) is 9.47 Å². The number of unbranched alkanes of at least 4 members (excludes halogenated alkanes) is 1. The normalized spacial score (nSPS) is 15.1. The maximum atomic E-state index is 13.8. The maximum Gasteiger partial charge on any atom is 0.495 e. The van der Waals surface area contributed by atoms with E-state index in [9.17, 15) is 46.8 Å². The molecule has 1 rings (SSSR count). The third-order valence-corrected chi connectivity index (χ3v) is 6.52. The average molecular weight is 762 g/mol. The summed E-state index contributed by atoms with van der Waals surface area (Å²) in [7, 11) is 0. The second kappa shape index (κ2) is 26.1. The van der Waals surface area contributed by atoms with E-state index in [1.165, 1.54) is 0 Å². The highest BCUT2D eigenvalue weighted by Gasteiger charge is 2.52. The molecule has 292 valence electrons. The molecule has 4 atom stereocenters. The van der Waals surface area contributed by atoms with Gasteiger partial charge in [0.25, 0.3) is 0 Å². The van der Waals surface area contributed by atoms with Crippen molar-refractivity contribution in [3.05, 3.63) is 22.4 Å². The fourth-order valence-corrected chi connectivity index (χ4v) is 4.15. The second-order valence-corrected chi connectivity index (χ2v) is 11.5. The fraction of sp³-hybridized carbons (Fsp3) is 0.828. The van der Waals surface area contributed by atoms with Gasteiger partial charge in [-0.3, -0.25) is 0 Å². The topological polar surface area (TPSA) is 188 Å². The quantitative estimate of drug-likeness (QED) is 0.0462. The Labute approximate surface area is 289 Å². The molecule has 0 fully saturated rings. The first kappa shape index (κ1) is 46.3. The summed E-state index contributed by atoms with van der Waals surface area (Å²) in [5, 5.41) is 49.3. The van der Waals surface area contributed by atoms with Gasteiger partial charge in [0, 0.05) is 24.3 Å². The van der Waals surface area contributed by atoms with E-state index in [2.05, 4.69) is 18.9 Å². The minimum absolute atomic E-state index is 0.0269. The number of hydrogen-bond acceptors (Lipinski definition) is 15. The van der Waals surface area contributed by atoms with Crippen LogP contribution in [0, 0.1) is 11.3 Å². The lowest BCUT2D eigenvalue weighted by atomic mass is 10.3. The molecule has 4 unspecified atom stereocenters. The molecular formula is C29H45F6NO13S. The van der Waals surface area contributed by atoms with Gasteiger partial charge < -0.3 is 53.6 Å². The Kier molecular flexibility index (Phi) is 24.1. The highest BCUT2D eigenvalue weighted by molar-refractivity contribution is 7.09. The van der Waals surface area contributed by atoms with Crippen molar-refractivity contribution >= 4 is 11.3 Å². The van der Waals surface area contributed by atoms with Gasteiger partial charge in [-0.1, -0.05) is 6.07 Å². The van der Waals surface area contributed by atoms with Gasteiger partial charge >= 0.3 is 18.5 Å². The molecule has 1 aromatic heterocycles. The van der Waals surface area contributed by atoms with Gasteiger partial charge in [-0.2, -0.15) is 22.8 Å². The van der Waals surface area contributed by atoms with E-state index < -0.39 is 76.0 Å². The number of nitriles is 1. The largest absolute Gasteiger partial charge is 0.495 e. The minimum atomic E-state index is -5.49. The van der Waals surface area contributed by atoms with Crippen molar-refractivity contribution in [3.63, 3.8) is 0 Å². The van der Waals surface area contributed by atoms with Gasteiger partial charge in [0.05, 0.1) is 78.7 Å². The molecule has 0 saturated carbocycles. The first-order chi connectivity index (χ1) is 23.6. The Morgan fingerprint density at radius 1 is 0.620 bits per heavy atom. The first-order valence-electron chi connectivity index (χ1n) is 15.3. The van der Waals surface area contributed by atoms with Gasteiger partial charge in [0.2, 0.25) is 0 Å². The summed E-state index contributed by atoms with van der Waals surface area (Å²) in [4.78, 5) is 1.14. The number of nitrogens with zero attached hydrogens (tertiary/aromatic N) is 1. The molecular weight excluding hydrogens is 716 g/mol. The minimum Gasteiger partial charge on any atom is -0.388 e. The Balaban J connectivity index is 2.13. The average Bonchev–Trinajstić information content (AvgIpc) is 3.53. The zero-order valence-electron chi connectivity index (χ0n) is 27.1. The Morgan fingerprint density at radius 3 is 1.56 bits per heavy atom. The molecule has 0 bridgehead atoms. The van der Waals surface area contributed by atoms with Crippen molar-refractivity contribution in [3.8, 4) is 6.07 Å². The van der Waals surface area contributed by atoms with Crippen LogP contribution >= 0.6 is 11.3 Å². The van der Waals surface area contributed by atoms with Crippen molar-refractivity contribution < 1.29 is 89.4 Å². The summed E-state index contributed by atoms with van der Waals surface area (Å²) in [6, 6.07) is 5.80. The van der Waals surface area contributed by atoms with Crippen molar-refractivity contribution in [1.82, 2.24) is 0 Å². The standard InChI is InChI=1S/C29H45F6NO13S/c30-27(31,20-44-10-9-43-14-24(39)17-45-16-23(38)13-42-8-5-26-4-3-11-50-26)48-29(34,35)49-28(32,33)21-47-19-25(40)18-46-15-22(37)12-41-7-2-1-6-36/h3-4,11,22-25,37-40H,1-2,5,7-10,12-21H2. The van der Waals surface area contributed by atoms with Crippen LogP contribution in [-0.4, -0.2) is 156 Å². The maximum absolute atomic E-state index is 13.8. The summed E-state index contributed by atoms with van der Waals surface area (Å²) >= 11 is 1.59. The van der Waals surface area contributed by atoms with Crippen molar-refractivity contribution in [1.29, 1.82) is 5.26 Å². The van der Waals surface area contributed by atoms with E-state index in [4.69, 9.17) is 28.9 Å². The number of aliphatic hydroxyl groups is 4. The molecule has 0 aliphatic rings. The van der Waals surface area contributed by atoms with Gasteiger partial charge in [-0.15, -0.1) is 20.1 Å². The molecule has 0 aliphatic carbocycles. The number of alkyl halides is 6. The highest BCUT2D eigenvalue weighted by atomic mass is 32.1. The second-order valence-electron chi connectivity index (χ2n) is 10.5. The van der Waals surface area contributed by atoms with Crippen molar-refractivity contribution in [2.75, 3.05) is 92.5 Å². The van der Waals surface area contributed by atoms with Crippen molar-refractivity contribution in [2.45, 2.75) is 62.2 Å². The molecule has 0 aliphatic heterocycles. The van der Waals surface area contributed by atoms with E-state index in [1.54, 1.807) is 11.3 Å². The van der Waals surface area contributed by atoms with Crippen LogP contribution in [0.3, 0.4) is 0 Å². The summed E-state index contributed by atoms with van der Waals surface area (Å²) in [5.41, 5.74) is 0. The predicted molar refractivity (Wildman–Crippen MR) is 160 cm³/mol. The Bertz CT molecular complexity index is 1010. The lowest BCUT2D eigenvalue weighted by Crippen LogP contribution is -2.44. The summed E-state index contributed by atoms with van der Waals surface area (Å²) < 4.78 is 123. The zero-order valence-corrected chi connectivity index (χ0v) is 28.0. The number of ether oxygens (including phenoxy) is 9. The van der Waals surface area contributed by atoms with Gasteiger partial charge in [0.15, 0.2) is 0 Å². The lowest BCUT2D eigenvalue weighted by molar-refractivity contribution is -0.518. The number of thiophene rings is 1. The van der Waals surface area contributed by atoms with Crippen LogP contribution in [0.4, 0.5) is 26.3 Å². The number of aliphatic hydroxyl groups excluding tert-OH is 4. The molecule has 4 N–H and O–H groups in total. The van der Waals surface area contributed by atoms with E-state index in [1.807, 2.05) is 23.6 Å². The van der Waals surface area contributed by atoms with Crippen LogP contribution < -0.4 is 0 Å². The monoisotopic (exact) mass is 761 g/mol.